The minimum Gasteiger partial charge on any atom is -0.497 e. The van der Waals surface area contributed by atoms with Gasteiger partial charge in [-0.3, -0.25) is 4.90 Å². The van der Waals surface area contributed by atoms with Crippen molar-refractivity contribution in [3.05, 3.63) is 65.0 Å². The first kappa shape index (κ1) is 18.6. The Bertz CT molecular complexity index is 1140. The molecule has 152 valence electrons. The van der Waals surface area contributed by atoms with Crippen molar-refractivity contribution in [1.29, 1.82) is 5.26 Å². The Balaban J connectivity index is 1.55. The second kappa shape index (κ2) is 7.47. The number of fused-ring (bicyclic) bond motifs is 3. The van der Waals surface area contributed by atoms with Crippen LogP contribution in [0.4, 0.5) is 0 Å². The number of methoxy groups -OCH3 is 2. The first-order chi connectivity index (χ1) is 14.7. The zero-order valence-corrected chi connectivity index (χ0v) is 17.1. The molecule has 30 heavy (non-hydrogen) atoms. The van der Waals surface area contributed by atoms with Crippen LogP contribution in [0.15, 0.2) is 36.8 Å². The van der Waals surface area contributed by atoms with Crippen LogP contribution in [0.2, 0.25) is 0 Å². The van der Waals surface area contributed by atoms with Crippen molar-refractivity contribution in [2.75, 3.05) is 14.2 Å². The number of rotatable bonds is 5. The van der Waals surface area contributed by atoms with Crippen LogP contribution in [0.3, 0.4) is 0 Å². The molecule has 0 amide bonds. The van der Waals surface area contributed by atoms with Crippen molar-refractivity contribution in [1.82, 2.24) is 19.4 Å². The van der Waals surface area contributed by atoms with Gasteiger partial charge in [0, 0.05) is 48.9 Å². The number of hydrogen-bond donors (Lipinski definition) is 0. The smallest absolute Gasteiger partial charge is 0.142 e. The highest BCUT2D eigenvalue weighted by molar-refractivity contribution is 5.48. The van der Waals surface area contributed by atoms with Gasteiger partial charge >= 0.3 is 0 Å². The van der Waals surface area contributed by atoms with Crippen molar-refractivity contribution in [3.63, 3.8) is 0 Å². The van der Waals surface area contributed by atoms with Crippen molar-refractivity contribution in [3.8, 4) is 23.3 Å². The van der Waals surface area contributed by atoms with Crippen molar-refractivity contribution < 1.29 is 9.47 Å². The highest BCUT2D eigenvalue weighted by atomic mass is 16.5. The van der Waals surface area contributed by atoms with E-state index in [1.54, 1.807) is 14.2 Å². The molecule has 1 aliphatic heterocycles. The van der Waals surface area contributed by atoms with Crippen molar-refractivity contribution in [2.24, 2.45) is 0 Å². The molecule has 0 atom stereocenters. The molecule has 1 aliphatic carbocycles. The molecule has 7 heteroatoms. The zero-order chi connectivity index (χ0) is 20.7. The predicted octanol–water partition coefficient (Wildman–Crippen LogP) is 3.55. The zero-order valence-electron chi connectivity index (χ0n) is 17.1. The third-order valence-corrected chi connectivity index (χ3v) is 5.85. The van der Waals surface area contributed by atoms with Gasteiger partial charge in [-0.25, -0.2) is 9.97 Å². The van der Waals surface area contributed by atoms with Gasteiger partial charge < -0.3 is 14.0 Å². The summed E-state index contributed by atoms with van der Waals surface area (Å²) in [6, 6.07) is 9.97. The first-order valence-corrected chi connectivity index (χ1v) is 10.1. The number of hydrogen-bond acceptors (Lipinski definition) is 6. The summed E-state index contributed by atoms with van der Waals surface area (Å²) in [7, 11) is 3.34. The van der Waals surface area contributed by atoms with Gasteiger partial charge in [0.1, 0.15) is 23.3 Å². The predicted molar refractivity (Wildman–Crippen MR) is 111 cm³/mol. The van der Waals surface area contributed by atoms with Gasteiger partial charge in [0.2, 0.25) is 0 Å². The van der Waals surface area contributed by atoms with Crippen LogP contribution in [-0.4, -0.2) is 33.7 Å². The lowest BCUT2D eigenvalue weighted by Crippen LogP contribution is -2.22. The number of nitrogens with zero attached hydrogens (tertiary/aromatic N) is 5. The molecule has 7 nitrogen and oxygen atoms in total. The molecular weight excluding hydrogens is 378 g/mol. The second-order valence-electron chi connectivity index (χ2n) is 7.85. The summed E-state index contributed by atoms with van der Waals surface area (Å²) in [5.41, 5.74) is 6.00. The van der Waals surface area contributed by atoms with Crippen LogP contribution in [0.1, 0.15) is 47.0 Å². The molecule has 0 bridgehead atoms. The highest BCUT2D eigenvalue weighted by Gasteiger charge is 2.32. The van der Waals surface area contributed by atoms with E-state index < -0.39 is 0 Å². The number of imidazole rings is 1. The van der Waals surface area contributed by atoms with Gasteiger partial charge in [0.25, 0.3) is 0 Å². The van der Waals surface area contributed by atoms with Crippen LogP contribution in [-0.2, 0) is 19.6 Å². The maximum atomic E-state index is 9.34. The number of benzene rings is 1. The van der Waals surface area contributed by atoms with Gasteiger partial charge in [-0.15, -0.1) is 0 Å². The minimum atomic E-state index is 0.423. The van der Waals surface area contributed by atoms with Gasteiger partial charge in [-0.05, 0) is 25.0 Å². The highest BCUT2D eigenvalue weighted by Crippen LogP contribution is 2.42. The Morgan fingerprint density at radius 3 is 2.73 bits per heavy atom. The van der Waals surface area contributed by atoms with E-state index in [1.807, 2.05) is 30.7 Å². The molecule has 2 aromatic heterocycles. The standard InChI is InChI=1S/C23H23N5O2/c1-29-19-6-5-16(22(8-19)30-2)11-27-12-17-10-25-18(9-24)7-20(17)28-14-26-23(15-3-4-15)21(28)13-27/h5-8,10,14-15H,3-4,11-13H2,1-2H3. The Kier molecular flexibility index (Phi) is 4.64. The van der Waals surface area contributed by atoms with E-state index in [0.29, 0.717) is 11.6 Å². The SMILES string of the molecule is COc1ccc(CN2Cc3cnc(C#N)cc3-n3cnc(C4CC4)c3C2)c(OC)c1. The van der Waals surface area contributed by atoms with Gasteiger partial charge in [-0.2, -0.15) is 5.26 Å². The molecule has 3 heterocycles. The fraction of sp³-hybridized carbons (Fsp3) is 0.348. The van der Waals surface area contributed by atoms with E-state index in [0.717, 1.165) is 47.9 Å². The van der Waals surface area contributed by atoms with E-state index in [2.05, 4.69) is 26.6 Å². The van der Waals surface area contributed by atoms with E-state index in [1.165, 1.54) is 24.2 Å². The first-order valence-electron chi connectivity index (χ1n) is 10.1. The summed E-state index contributed by atoms with van der Waals surface area (Å²) in [6.45, 7) is 2.23. The molecule has 0 radical (unpaired) electrons. The van der Waals surface area contributed by atoms with Gasteiger partial charge in [-0.1, -0.05) is 6.07 Å². The quantitative estimate of drug-likeness (QED) is 0.651. The van der Waals surface area contributed by atoms with Crippen molar-refractivity contribution >= 4 is 0 Å². The monoisotopic (exact) mass is 401 g/mol. The normalized spacial score (nSPS) is 15.6. The average molecular weight is 401 g/mol. The number of ether oxygens (including phenoxy) is 2. The summed E-state index contributed by atoms with van der Waals surface area (Å²) in [5.74, 6) is 2.14. The van der Waals surface area contributed by atoms with Crippen molar-refractivity contribution in [2.45, 2.75) is 38.4 Å². The van der Waals surface area contributed by atoms with Gasteiger partial charge in [0.15, 0.2) is 0 Å². The molecule has 0 unspecified atom stereocenters. The molecule has 3 aromatic rings. The van der Waals surface area contributed by atoms with E-state index in [-0.39, 0.29) is 0 Å². The van der Waals surface area contributed by atoms with Crippen LogP contribution in [0.25, 0.3) is 5.69 Å². The lowest BCUT2D eigenvalue weighted by Gasteiger charge is -2.22. The minimum absolute atomic E-state index is 0.423. The van der Waals surface area contributed by atoms with Crippen LogP contribution in [0, 0.1) is 11.3 Å². The topological polar surface area (TPSA) is 76.2 Å². The average Bonchev–Trinajstić information content (AvgIpc) is 3.56. The Labute approximate surface area is 175 Å². The Hall–Kier alpha value is -3.37. The van der Waals surface area contributed by atoms with E-state index >= 15 is 0 Å². The number of aromatic nitrogens is 3. The number of pyridine rings is 1. The Morgan fingerprint density at radius 2 is 2.00 bits per heavy atom. The number of nitriles is 1. The lowest BCUT2D eigenvalue weighted by atomic mass is 10.1. The third-order valence-electron chi connectivity index (χ3n) is 5.85. The lowest BCUT2D eigenvalue weighted by molar-refractivity contribution is 0.243. The van der Waals surface area contributed by atoms with Crippen LogP contribution < -0.4 is 9.47 Å². The summed E-state index contributed by atoms with van der Waals surface area (Å²) >= 11 is 0. The summed E-state index contributed by atoms with van der Waals surface area (Å²) in [5, 5.41) is 9.34. The third kappa shape index (κ3) is 3.29. The molecule has 0 saturated heterocycles. The molecule has 1 fully saturated rings. The molecule has 1 aromatic carbocycles. The maximum absolute atomic E-state index is 9.34. The van der Waals surface area contributed by atoms with E-state index in [9.17, 15) is 5.26 Å². The van der Waals surface area contributed by atoms with Crippen LogP contribution >= 0.6 is 0 Å². The second-order valence-corrected chi connectivity index (χ2v) is 7.85. The Morgan fingerprint density at radius 1 is 1.13 bits per heavy atom. The summed E-state index contributed by atoms with van der Waals surface area (Å²) < 4.78 is 13.1. The molecule has 0 spiro atoms. The largest absolute Gasteiger partial charge is 0.497 e. The fourth-order valence-electron chi connectivity index (χ4n) is 4.17. The maximum Gasteiger partial charge on any atom is 0.142 e. The molecule has 1 saturated carbocycles. The molecular formula is C23H23N5O2. The summed E-state index contributed by atoms with van der Waals surface area (Å²) in [4.78, 5) is 11.4. The molecule has 5 rings (SSSR count). The fourth-order valence-corrected chi connectivity index (χ4v) is 4.17. The van der Waals surface area contributed by atoms with Gasteiger partial charge in [0.05, 0.1) is 37.6 Å². The molecule has 0 N–H and O–H groups in total. The van der Waals surface area contributed by atoms with Crippen LogP contribution in [0.5, 0.6) is 11.5 Å². The van der Waals surface area contributed by atoms with E-state index in [4.69, 9.17) is 14.5 Å². The molecule has 2 aliphatic rings. The summed E-state index contributed by atoms with van der Waals surface area (Å²) in [6.07, 6.45) is 6.12.